The predicted molar refractivity (Wildman–Crippen MR) is 109 cm³/mol. The van der Waals surface area contributed by atoms with Gasteiger partial charge in [-0.3, -0.25) is 0 Å². The first-order valence-electron chi connectivity index (χ1n) is 8.12. The van der Waals surface area contributed by atoms with Crippen molar-refractivity contribution >= 4 is 56.8 Å². The van der Waals surface area contributed by atoms with Crippen molar-refractivity contribution in [3.63, 3.8) is 0 Å². The van der Waals surface area contributed by atoms with E-state index in [9.17, 15) is 0 Å². The van der Waals surface area contributed by atoms with E-state index in [-0.39, 0.29) is 0 Å². The molecule has 0 aliphatic heterocycles. The molecule has 0 amide bonds. The van der Waals surface area contributed by atoms with Crippen molar-refractivity contribution in [1.29, 1.82) is 0 Å². The van der Waals surface area contributed by atoms with Crippen molar-refractivity contribution in [2.45, 2.75) is 44.1 Å². The van der Waals surface area contributed by atoms with Crippen LogP contribution in [0.3, 0.4) is 0 Å². The topological polar surface area (TPSA) is 13.1 Å². The molecule has 3 fully saturated rings. The summed E-state index contributed by atoms with van der Waals surface area (Å²) < 4.78 is 8.04. The molecule has 1 aromatic carbocycles. The molecule has 2 aromatic rings. The molecular formula is C17H23I2N3Pt. The van der Waals surface area contributed by atoms with Crippen molar-refractivity contribution in [1.82, 2.24) is 10.5 Å². The molecule has 130 valence electrons. The van der Waals surface area contributed by atoms with Gasteiger partial charge < -0.3 is 0 Å². The third-order valence-corrected chi connectivity index (χ3v) is 9.10. The van der Waals surface area contributed by atoms with Gasteiger partial charge in [-0.15, -0.1) is 0 Å². The number of para-hydroxylation sites is 2. The maximum absolute atomic E-state index is 2.46. The summed E-state index contributed by atoms with van der Waals surface area (Å²) in [4.78, 5) is 0. The van der Waals surface area contributed by atoms with Crippen LogP contribution in [0.1, 0.15) is 38.5 Å². The Balaban J connectivity index is 0.000000136. The minimum absolute atomic E-state index is 0.593. The molecule has 3 aliphatic carbocycles. The second kappa shape index (κ2) is 7.58. The van der Waals surface area contributed by atoms with Crippen molar-refractivity contribution in [3.05, 3.63) is 28.1 Å². The van der Waals surface area contributed by atoms with Gasteiger partial charge in [0.1, 0.15) is 0 Å². The summed E-state index contributed by atoms with van der Waals surface area (Å²) in [5.74, 6) is 1.09. The molecule has 0 N–H and O–H groups in total. The van der Waals surface area contributed by atoms with Gasteiger partial charge in [0.05, 0.1) is 0 Å². The van der Waals surface area contributed by atoms with E-state index in [2.05, 4.69) is 114 Å². The van der Waals surface area contributed by atoms with E-state index < -0.39 is 0 Å². The molecule has 6 heteroatoms. The minimum Gasteiger partial charge on any atom is -0.182 e. The maximum atomic E-state index is 2.46. The summed E-state index contributed by atoms with van der Waals surface area (Å²) in [6.07, 6.45) is 8.81. The quantitative estimate of drug-likeness (QED) is 0.288. The Hall–Kier alpha value is 0.798. The molecule has 3 saturated carbocycles. The SMILES string of the molecule is Cn1[c](=[Pt])n(C)c2ccccc21.IN(I)C12CCC(CC1)CC2. The Morgan fingerprint density at radius 3 is 1.78 bits per heavy atom. The Morgan fingerprint density at radius 1 is 1.00 bits per heavy atom. The van der Waals surface area contributed by atoms with Crippen LogP contribution in [-0.2, 0) is 33.4 Å². The van der Waals surface area contributed by atoms with E-state index in [1.165, 1.54) is 53.4 Å². The average molecular weight is 718 g/mol. The standard InChI is InChI=1S/C9H10N2.C8H13I2N.Pt/c1-10-7-11(2)9-6-4-3-5-8(9)10;9-11(10)8-4-1-7(2-5-8)3-6-8;/h3-6H,1-2H3;7H,1-6H2;. The van der Waals surface area contributed by atoms with Crippen LogP contribution in [0.4, 0.5) is 0 Å². The number of benzene rings is 1. The van der Waals surface area contributed by atoms with E-state index >= 15 is 0 Å². The first-order valence-corrected chi connectivity index (χ1v) is 11.2. The first-order chi connectivity index (χ1) is 10.9. The van der Waals surface area contributed by atoms with Gasteiger partial charge in [0, 0.05) is 51.3 Å². The number of fused-ring (bicyclic) bond motifs is 4. The molecule has 0 unspecified atom stereocenters. The Labute approximate surface area is 177 Å². The minimum atomic E-state index is 0.593. The van der Waals surface area contributed by atoms with Crippen LogP contribution in [0.2, 0.25) is 0 Å². The number of nitrogens with zero attached hydrogens (tertiary/aromatic N) is 3. The fourth-order valence-corrected chi connectivity index (χ4v) is 5.91. The summed E-state index contributed by atoms with van der Waals surface area (Å²) >= 11 is 7.25. The normalized spacial score (nSPS) is 26.5. The summed E-state index contributed by atoms with van der Waals surface area (Å²) in [7, 11) is 4.18. The largest absolute Gasteiger partial charge is 0.182 e. The molecule has 2 bridgehead atoms. The molecule has 5 rings (SSSR count). The fourth-order valence-electron chi connectivity index (χ4n) is 3.92. The Bertz CT molecular complexity index is 686. The fraction of sp³-hybridized carbons (Fsp3) is 0.588. The summed E-state index contributed by atoms with van der Waals surface area (Å²) in [6, 6.07) is 8.41. The van der Waals surface area contributed by atoms with Gasteiger partial charge in [-0.05, 0) is 44.4 Å². The molecule has 0 spiro atoms. The summed E-state index contributed by atoms with van der Waals surface area (Å²) in [6.45, 7) is 0. The van der Waals surface area contributed by atoms with Gasteiger partial charge in [-0.2, -0.15) is 1.33 Å². The third kappa shape index (κ3) is 3.68. The maximum Gasteiger partial charge on any atom is 0.0408 e. The van der Waals surface area contributed by atoms with Gasteiger partial charge in [-0.1, -0.05) is 0 Å². The zero-order chi connectivity index (χ0) is 16.6. The van der Waals surface area contributed by atoms with E-state index in [1.54, 1.807) is 0 Å². The van der Waals surface area contributed by atoms with Gasteiger partial charge >= 0.3 is 81.7 Å². The monoisotopic (exact) mass is 718 g/mol. The number of hydrogen-bond acceptors (Lipinski definition) is 1. The summed E-state index contributed by atoms with van der Waals surface area (Å²) in [5.41, 5.74) is 3.16. The third-order valence-electron chi connectivity index (χ3n) is 5.53. The predicted octanol–water partition coefficient (Wildman–Crippen LogP) is 5.31. The van der Waals surface area contributed by atoms with Crippen molar-refractivity contribution in [2.75, 3.05) is 0 Å². The molecule has 0 saturated heterocycles. The molecule has 23 heavy (non-hydrogen) atoms. The van der Waals surface area contributed by atoms with E-state index in [1.807, 2.05) is 0 Å². The molecule has 3 nitrogen and oxygen atoms in total. The Kier molecular flexibility index (Phi) is 6.13. The van der Waals surface area contributed by atoms with Gasteiger partial charge in [0.2, 0.25) is 0 Å². The van der Waals surface area contributed by atoms with Crippen LogP contribution in [-0.4, -0.2) is 16.0 Å². The molecule has 1 aromatic heterocycles. The van der Waals surface area contributed by atoms with Gasteiger partial charge in [0.15, 0.2) is 0 Å². The van der Waals surface area contributed by atoms with Gasteiger partial charge in [-0.25, -0.2) is 0 Å². The second-order valence-electron chi connectivity index (χ2n) is 6.79. The van der Waals surface area contributed by atoms with E-state index in [0.29, 0.717) is 5.54 Å². The zero-order valence-electron chi connectivity index (χ0n) is 13.5. The van der Waals surface area contributed by atoms with Crippen LogP contribution in [0.15, 0.2) is 24.3 Å². The summed E-state index contributed by atoms with van der Waals surface area (Å²) in [5, 5.41) is 0. The molecule has 1 heterocycles. The van der Waals surface area contributed by atoms with Crippen LogP contribution >= 0.6 is 45.7 Å². The van der Waals surface area contributed by atoms with Crippen molar-refractivity contribution in [2.24, 2.45) is 20.0 Å². The smallest absolute Gasteiger partial charge is 0.0408 e. The Morgan fingerprint density at radius 2 is 1.43 bits per heavy atom. The van der Waals surface area contributed by atoms with Crippen molar-refractivity contribution in [3.8, 4) is 0 Å². The van der Waals surface area contributed by atoms with E-state index in [4.69, 9.17) is 0 Å². The number of aryl methyl sites for hydroxylation is 2. The average Bonchev–Trinajstić information content (AvgIpc) is 2.82. The first kappa shape index (κ1) is 18.6. The molecule has 0 radical (unpaired) electrons. The second-order valence-corrected chi connectivity index (χ2v) is 11.6. The number of hydrogen-bond donors (Lipinski definition) is 0. The van der Waals surface area contributed by atoms with Crippen LogP contribution in [0.25, 0.3) is 11.0 Å². The zero-order valence-corrected chi connectivity index (χ0v) is 20.1. The van der Waals surface area contributed by atoms with Crippen LogP contribution < -0.4 is 0 Å². The number of rotatable bonds is 1. The number of halogens is 2. The van der Waals surface area contributed by atoms with Crippen LogP contribution in [0.5, 0.6) is 0 Å². The van der Waals surface area contributed by atoms with Crippen molar-refractivity contribution < 1.29 is 19.4 Å². The molecule has 3 aliphatic rings. The van der Waals surface area contributed by atoms with E-state index in [0.717, 1.165) is 5.92 Å². The van der Waals surface area contributed by atoms with Gasteiger partial charge in [0.25, 0.3) is 0 Å². The number of imidazole rings is 1. The van der Waals surface area contributed by atoms with Crippen LogP contribution in [0, 0.1) is 9.72 Å². The number of aromatic nitrogens is 2. The molecule has 0 atom stereocenters. The molecular weight excluding hydrogens is 695 g/mol.